The lowest BCUT2D eigenvalue weighted by Gasteiger charge is -2.04. The first-order chi connectivity index (χ1) is 6.59. The second-order valence-electron chi connectivity index (χ2n) is 2.61. The highest BCUT2D eigenvalue weighted by Crippen LogP contribution is 2.15. The van der Waals surface area contributed by atoms with Gasteiger partial charge in [0.2, 0.25) is 5.91 Å². The number of anilines is 1. The largest absolute Gasteiger partial charge is 0.298 e. The van der Waals surface area contributed by atoms with Gasteiger partial charge < -0.3 is 0 Å². The Bertz CT molecular complexity index is 365. The summed E-state index contributed by atoms with van der Waals surface area (Å²) < 4.78 is 0. The molecule has 1 amide bonds. The molecule has 6 nitrogen and oxygen atoms in total. The zero-order valence-corrected chi connectivity index (χ0v) is 7.48. The molecule has 0 atom stereocenters. The van der Waals surface area contributed by atoms with E-state index in [1.54, 1.807) is 6.07 Å². The molecule has 0 saturated carbocycles. The molecule has 0 aliphatic carbocycles. The lowest BCUT2D eigenvalue weighted by molar-refractivity contribution is -0.384. The van der Waals surface area contributed by atoms with Gasteiger partial charge in [0.05, 0.1) is 10.6 Å². The van der Waals surface area contributed by atoms with Gasteiger partial charge in [-0.05, 0) is 6.07 Å². The second-order valence-corrected chi connectivity index (χ2v) is 2.61. The monoisotopic (exact) mass is 195 g/mol. The van der Waals surface area contributed by atoms with Gasteiger partial charge in [-0.15, -0.1) is 0 Å². The average Bonchev–Trinajstić information content (AvgIpc) is 2.15. The Hall–Kier alpha value is -2.11. The Kier molecular flexibility index (Phi) is 3.01. The number of nitrogens with one attached hydrogen (secondary N) is 2. The van der Waals surface area contributed by atoms with Gasteiger partial charge in [0, 0.05) is 19.1 Å². The van der Waals surface area contributed by atoms with Gasteiger partial charge in [-0.3, -0.25) is 25.8 Å². The van der Waals surface area contributed by atoms with Crippen molar-refractivity contribution in [3.05, 3.63) is 34.4 Å². The summed E-state index contributed by atoms with van der Waals surface area (Å²) in [5.41, 5.74) is 5.29. The normalized spacial score (nSPS) is 9.21. The van der Waals surface area contributed by atoms with Gasteiger partial charge in [-0.25, -0.2) is 0 Å². The minimum atomic E-state index is -0.501. The van der Waals surface area contributed by atoms with E-state index >= 15 is 0 Å². The van der Waals surface area contributed by atoms with Crippen molar-refractivity contribution in [2.24, 2.45) is 0 Å². The molecule has 1 rings (SSSR count). The second kappa shape index (κ2) is 4.22. The van der Waals surface area contributed by atoms with Crippen LogP contribution in [0.15, 0.2) is 24.3 Å². The predicted octanol–water partition coefficient (Wildman–Crippen LogP) is 1.06. The fraction of sp³-hybridized carbons (Fsp3) is 0.125. The Balaban J connectivity index is 2.73. The number of nitro benzene ring substituents is 1. The first kappa shape index (κ1) is 9.97. The van der Waals surface area contributed by atoms with Crippen LogP contribution >= 0.6 is 0 Å². The van der Waals surface area contributed by atoms with Crippen LogP contribution < -0.4 is 10.9 Å². The lowest BCUT2D eigenvalue weighted by Crippen LogP contribution is -2.26. The number of hydrazine groups is 1. The maximum Gasteiger partial charge on any atom is 0.271 e. The number of rotatable bonds is 3. The molecule has 0 saturated heterocycles. The van der Waals surface area contributed by atoms with Gasteiger partial charge in [-0.2, -0.15) is 0 Å². The van der Waals surface area contributed by atoms with Gasteiger partial charge >= 0.3 is 0 Å². The first-order valence-electron chi connectivity index (χ1n) is 3.86. The third-order valence-corrected chi connectivity index (χ3v) is 1.44. The summed E-state index contributed by atoms with van der Waals surface area (Å²) >= 11 is 0. The van der Waals surface area contributed by atoms with Crippen LogP contribution in [-0.2, 0) is 4.79 Å². The third kappa shape index (κ3) is 2.74. The van der Waals surface area contributed by atoms with Crippen molar-refractivity contribution in [2.75, 3.05) is 5.43 Å². The Labute approximate surface area is 80.0 Å². The number of benzene rings is 1. The van der Waals surface area contributed by atoms with Crippen molar-refractivity contribution in [1.82, 2.24) is 5.43 Å². The first-order valence-corrected chi connectivity index (χ1v) is 3.86. The van der Waals surface area contributed by atoms with E-state index in [2.05, 4.69) is 10.9 Å². The molecule has 14 heavy (non-hydrogen) atoms. The standard InChI is InChI=1S/C8H9N3O3/c1-6(12)9-10-7-3-2-4-8(5-7)11(13)14/h2-5,10H,1H3,(H,9,12). The van der Waals surface area contributed by atoms with Crippen molar-refractivity contribution in [2.45, 2.75) is 6.92 Å². The number of carbonyl (C=O) groups is 1. The topological polar surface area (TPSA) is 84.3 Å². The zero-order chi connectivity index (χ0) is 10.6. The summed E-state index contributed by atoms with van der Waals surface area (Å²) in [6.07, 6.45) is 0. The molecular weight excluding hydrogens is 186 g/mol. The minimum absolute atomic E-state index is 0.0275. The molecule has 0 aliphatic rings. The summed E-state index contributed by atoms with van der Waals surface area (Å²) in [5, 5.41) is 10.4. The highest BCUT2D eigenvalue weighted by atomic mass is 16.6. The molecule has 74 valence electrons. The van der Waals surface area contributed by atoms with E-state index in [-0.39, 0.29) is 11.6 Å². The van der Waals surface area contributed by atoms with Crippen LogP contribution in [0.1, 0.15) is 6.92 Å². The van der Waals surface area contributed by atoms with E-state index in [1.165, 1.54) is 25.1 Å². The quantitative estimate of drug-likeness (QED) is 0.557. The van der Waals surface area contributed by atoms with E-state index in [0.717, 1.165) is 0 Å². The Morgan fingerprint density at radius 1 is 1.50 bits per heavy atom. The molecule has 0 fully saturated rings. The molecule has 0 radical (unpaired) electrons. The van der Waals surface area contributed by atoms with Crippen molar-refractivity contribution >= 4 is 17.3 Å². The predicted molar refractivity (Wildman–Crippen MR) is 50.5 cm³/mol. The molecule has 0 aliphatic heterocycles. The molecule has 0 aromatic heterocycles. The van der Waals surface area contributed by atoms with E-state index in [9.17, 15) is 14.9 Å². The maximum absolute atomic E-state index is 10.5. The van der Waals surface area contributed by atoms with Gasteiger partial charge in [0.1, 0.15) is 0 Å². The van der Waals surface area contributed by atoms with Crippen LogP contribution in [0, 0.1) is 10.1 Å². The van der Waals surface area contributed by atoms with Gasteiger partial charge in [0.25, 0.3) is 5.69 Å². The molecule has 0 bridgehead atoms. The number of amides is 1. The smallest absolute Gasteiger partial charge is 0.271 e. The number of hydrogen-bond acceptors (Lipinski definition) is 4. The number of hydrogen-bond donors (Lipinski definition) is 2. The summed E-state index contributed by atoms with van der Waals surface area (Å²) in [5.74, 6) is -0.267. The van der Waals surface area contributed by atoms with Crippen molar-refractivity contribution in [1.29, 1.82) is 0 Å². The fourth-order valence-electron chi connectivity index (χ4n) is 0.857. The molecule has 6 heteroatoms. The molecule has 0 spiro atoms. The molecule has 0 unspecified atom stereocenters. The fourth-order valence-corrected chi connectivity index (χ4v) is 0.857. The molecule has 1 aromatic carbocycles. The van der Waals surface area contributed by atoms with Crippen LogP contribution in [0.5, 0.6) is 0 Å². The molecular formula is C8H9N3O3. The number of nitro groups is 1. The van der Waals surface area contributed by atoms with E-state index < -0.39 is 4.92 Å². The molecule has 0 heterocycles. The van der Waals surface area contributed by atoms with Gasteiger partial charge in [0.15, 0.2) is 0 Å². The minimum Gasteiger partial charge on any atom is -0.298 e. The summed E-state index contributed by atoms with van der Waals surface area (Å²) in [4.78, 5) is 20.4. The maximum atomic E-state index is 10.5. The van der Waals surface area contributed by atoms with E-state index in [0.29, 0.717) is 5.69 Å². The van der Waals surface area contributed by atoms with Crippen LogP contribution in [0.4, 0.5) is 11.4 Å². The van der Waals surface area contributed by atoms with Gasteiger partial charge in [-0.1, -0.05) is 6.07 Å². The molecule has 1 aromatic rings. The van der Waals surface area contributed by atoms with E-state index in [1.807, 2.05) is 0 Å². The molecule has 2 N–H and O–H groups in total. The Morgan fingerprint density at radius 3 is 2.79 bits per heavy atom. The lowest BCUT2D eigenvalue weighted by atomic mass is 10.3. The highest BCUT2D eigenvalue weighted by Gasteiger charge is 2.04. The number of nitrogens with zero attached hydrogens (tertiary/aromatic N) is 1. The summed E-state index contributed by atoms with van der Waals surface area (Å²) in [6.45, 7) is 1.34. The van der Waals surface area contributed by atoms with Crippen molar-refractivity contribution < 1.29 is 9.72 Å². The third-order valence-electron chi connectivity index (χ3n) is 1.44. The zero-order valence-electron chi connectivity index (χ0n) is 7.48. The number of carbonyl (C=O) groups excluding carboxylic acids is 1. The number of non-ortho nitro benzene ring substituents is 1. The van der Waals surface area contributed by atoms with Crippen LogP contribution in [0.3, 0.4) is 0 Å². The van der Waals surface area contributed by atoms with Crippen LogP contribution in [0.25, 0.3) is 0 Å². The van der Waals surface area contributed by atoms with Crippen molar-refractivity contribution in [3.8, 4) is 0 Å². The van der Waals surface area contributed by atoms with E-state index in [4.69, 9.17) is 0 Å². The van der Waals surface area contributed by atoms with Crippen molar-refractivity contribution in [3.63, 3.8) is 0 Å². The SMILES string of the molecule is CC(=O)NNc1cccc([N+](=O)[O-])c1. The van der Waals surface area contributed by atoms with Crippen LogP contribution in [0.2, 0.25) is 0 Å². The Morgan fingerprint density at radius 2 is 2.21 bits per heavy atom. The summed E-state index contributed by atoms with van der Waals surface area (Å²) in [6, 6.07) is 5.85. The highest BCUT2D eigenvalue weighted by molar-refractivity contribution is 5.74. The summed E-state index contributed by atoms with van der Waals surface area (Å²) in [7, 11) is 0. The average molecular weight is 195 g/mol. The van der Waals surface area contributed by atoms with Crippen LogP contribution in [-0.4, -0.2) is 10.8 Å².